The van der Waals surface area contributed by atoms with Crippen LogP contribution in [-0.4, -0.2) is 60.4 Å². The fourth-order valence-electron chi connectivity index (χ4n) is 2.68. The molecule has 0 spiro atoms. The SMILES string of the molecule is COC(=O)CN(C(=O)C1CC(=O)N(CC2CC2)C1)C(C)C. The molecule has 1 unspecified atom stereocenters. The Labute approximate surface area is 125 Å². The van der Waals surface area contributed by atoms with Crippen LogP contribution in [0.15, 0.2) is 0 Å². The van der Waals surface area contributed by atoms with Crippen molar-refractivity contribution in [1.82, 2.24) is 9.80 Å². The molecule has 21 heavy (non-hydrogen) atoms. The van der Waals surface area contributed by atoms with Crippen LogP contribution < -0.4 is 0 Å². The van der Waals surface area contributed by atoms with Crippen molar-refractivity contribution in [3.8, 4) is 0 Å². The number of amides is 2. The number of rotatable bonds is 6. The number of ether oxygens (including phenoxy) is 1. The zero-order chi connectivity index (χ0) is 15.6. The minimum Gasteiger partial charge on any atom is -0.468 e. The number of likely N-dealkylation sites (tertiary alicyclic amines) is 1. The van der Waals surface area contributed by atoms with Gasteiger partial charge in [-0.1, -0.05) is 0 Å². The molecule has 1 aliphatic carbocycles. The lowest BCUT2D eigenvalue weighted by atomic mass is 10.1. The number of carbonyl (C=O) groups is 3. The average molecular weight is 296 g/mol. The first kappa shape index (κ1) is 15.8. The van der Waals surface area contributed by atoms with E-state index in [0.29, 0.717) is 12.5 Å². The van der Waals surface area contributed by atoms with Gasteiger partial charge < -0.3 is 14.5 Å². The lowest BCUT2D eigenvalue weighted by Gasteiger charge is -2.28. The molecule has 2 aliphatic rings. The van der Waals surface area contributed by atoms with E-state index in [4.69, 9.17) is 0 Å². The Morgan fingerprint density at radius 1 is 1.38 bits per heavy atom. The van der Waals surface area contributed by atoms with Gasteiger partial charge in [0.2, 0.25) is 11.8 Å². The predicted molar refractivity (Wildman–Crippen MR) is 76.3 cm³/mol. The van der Waals surface area contributed by atoms with Crippen LogP contribution in [0.3, 0.4) is 0 Å². The van der Waals surface area contributed by atoms with Crippen LogP contribution in [0.5, 0.6) is 0 Å². The Kier molecular flexibility index (Phi) is 4.85. The normalized spacial score (nSPS) is 21.8. The summed E-state index contributed by atoms with van der Waals surface area (Å²) in [5, 5.41) is 0. The molecule has 6 heteroatoms. The van der Waals surface area contributed by atoms with Crippen molar-refractivity contribution < 1.29 is 19.1 Å². The Balaban J connectivity index is 1.96. The highest BCUT2D eigenvalue weighted by Crippen LogP contribution is 2.32. The molecule has 1 atom stereocenters. The molecular weight excluding hydrogens is 272 g/mol. The van der Waals surface area contributed by atoms with Gasteiger partial charge in [-0.2, -0.15) is 0 Å². The number of methoxy groups -OCH3 is 1. The lowest BCUT2D eigenvalue weighted by molar-refractivity contribution is -0.149. The molecule has 1 heterocycles. The van der Waals surface area contributed by atoms with Crippen molar-refractivity contribution in [2.24, 2.45) is 11.8 Å². The highest BCUT2D eigenvalue weighted by Gasteiger charge is 2.39. The van der Waals surface area contributed by atoms with Crippen molar-refractivity contribution >= 4 is 17.8 Å². The summed E-state index contributed by atoms with van der Waals surface area (Å²) in [6.45, 7) is 4.93. The smallest absolute Gasteiger partial charge is 0.325 e. The maximum atomic E-state index is 12.6. The van der Waals surface area contributed by atoms with Gasteiger partial charge >= 0.3 is 5.97 Å². The molecule has 2 amide bonds. The van der Waals surface area contributed by atoms with E-state index >= 15 is 0 Å². The van der Waals surface area contributed by atoms with E-state index in [2.05, 4.69) is 4.74 Å². The van der Waals surface area contributed by atoms with Crippen LogP contribution in [0.1, 0.15) is 33.1 Å². The second kappa shape index (κ2) is 6.45. The monoisotopic (exact) mass is 296 g/mol. The third kappa shape index (κ3) is 3.95. The molecular formula is C15H24N2O4. The summed E-state index contributed by atoms with van der Waals surface area (Å²) in [6.07, 6.45) is 2.63. The Hall–Kier alpha value is -1.59. The second-order valence-electron chi connectivity index (χ2n) is 6.28. The van der Waals surface area contributed by atoms with Crippen molar-refractivity contribution in [2.75, 3.05) is 26.7 Å². The topological polar surface area (TPSA) is 66.9 Å². The van der Waals surface area contributed by atoms with E-state index in [9.17, 15) is 14.4 Å². The molecule has 0 bridgehead atoms. The molecule has 0 N–H and O–H groups in total. The third-order valence-corrected chi connectivity index (χ3v) is 4.17. The van der Waals surface area contributed by atoms with Gasteiger partial charge in [0.1, 0.15) is 6.54 Å². The largest absolute Gasteiger partial charge is 0.468 e. The van der Waals surface area contributed by atoms with Crippen LogP contribution in [0.4, 0.5) is 0 Å². The molecule has 1 saturated carbocycles. The molecule has 2 rings (SSSR count). The minimum atomic E-state index is -0.434. The third-order valence-electron chi connectivity index (χ3n) is 4.17. The van der Waals surface area contributed by atoms with Gasteiger partial charge in [0.15, 0.2) is 0 Å². The Bertz CT molecular complexity index is 431. The van der Waals surface area contributed by atoms with Crippen molar-refractivity contribution in [3.63, 3.8) is 0 Å². The molecule has 1 aliphatic heterocycles. The number of hydrogen-bond donors (Lipinski definition) is 0. The predicted octanol–water partition coefficient (Wildman–Crippen LogP) is 0.655. The minimum absolute atomic E-state index is 0.0552. The molecule has 1 saturated heterocycles. The molecule has 0 aromatic carbocycles. The molecule has 118 valence electrons. The summed E-state index contributed by atoms with van der Waals surface area (Å²) in [5.41, 5.74) is 0. The summed E-state index contributed by atoms with van der Waals surface area (Å²) < 4.78 is 4.64. The van der Waals surface area contributed by atoms with Crippen molar-refractivity contribution in [1.29, 1.82) is 0 Å². The number of carbonyl (C=O) groups excluding carboxylic acids is 3. The van der Waals surface area contributed by atoms with E-state index in [1.165, 1.54) is 24.9 Å². The quantitative estimate of drug-likeness (QED) is 0.675. The van der Waals surface area contributed by atoms with Gasteiger partial charge in [-0.25, -0.2) is 0 Å². The van der Waals surface area contributed by atoms with Gasteiger partial charge in [-0.05, 0) is 32.6 Å². The van der Waals surface area contributed by atoms with Gasteiger partial charge in [-0.3, -0.25) is 14.4 Å². The lowest BCUT2D eigenvalue weighted by Crippen LogP contribution is -2.44. The summed E-state index contributed by atoms with van der Waals surface area (Å²) in [5.74, 6) is -0.206. The first-order chi connectivity index (χ1) is 9.92. The van der Waals surface area contributed by atoms with Crippen LogP contribution >= 0.6 is 0 Å². The highest BCUT2D eigenvalue weighted by atomic mass is 16.5. The molecule has 0 aromatic heterocycles. The number of hydrogen-bond acceptors (Lipinski definition) is 4. The Morgan fingerprint density at radius 3 is 2.57 bits per heavy atom. The van der Waals surface area contributed by atoms with Gasteiger partial charge in [-0.15, -0.1) is 0 Å². The Morgan fingerprint density at radius 2 is 2.05 bits per heavy atom. The van der Waals surface area contributed by atoms with Crippen LogP contribution in [0.2, 0.25) is 0 Å². The fourth-order valence-corrected chi connectivity index (χ4v) is 2.68. The zero-order valence-corrected chi connectivity index (χ0v) is 13.0. The summed E-state index contributed by atoms with van der Waals surface area (Å²) in [6, 6.07) is -0.0933. The van der Waals surface area contributed by atoms with E-state index < -0.39 is 5.97 Å². The molecule has 6 nitrogen and oxygen atoms in total. The second-order valence-corrected chi connectivity index (χ2v) is 6.28. The van der Waals surface area contributed by atoms with Crippen LogP contribution in [-0.2, 0) is 19.1 Å². The van der Waals surface area contributed by atoms with Crippen LogP contribution in [0, 0.1) is 11.8 Å². The molecule has 2 fully saturated rings. The molecule has 0 radical (unpaired) electrons. The average Bonchev–Trinajstić information content (AvgIpc) is 3.18. The fraction of sp³-hybridized carbons (Fsp3) is 0.800. The van der Waals surface area contributed by atoms with E-state index in [1.54, 1.807) is 4.90 Å². The standard InChI is InChI=1S/C15H24N2O4/c1-10(2)17(9-14(19)21-3)15(20)12-6-13(18)16(8-12)7-11-4-5-11/h10-12H,4-9H2,1-3H3. The van der Waals surface area contributed by atoms with Gasteiger partial charge in [0.25, 0.3) is 0 Å². The first-order valence-corrected chi connectivity index (χ1v) is 7.57. The summed E-state index contributed by atoms with van der Waals surface area (Å²) in [4.78, 5) is 39.3. The van der Waals surface area contributed by atoms with E-state index in [1.807, 2.05) is 13.8 Å². The zero-order valence-electron chi connectivity index (χ0n) is 13.0. The maximum Gasteiger partial charge on any atom is 0.325 e. The van der Waals surface area contributed by atoms with Crippen molar-refractivity contribution in [2.45, 2.75) is 39.2 Å². The highest BCUT2D eigenvalue weighted by molar-refractivity contribution is 5.91. The summed E-state index contributed by atoms with van der Waals surface area (Å²) >= 11 is 0. The summed E-state index contributed by atoms with van der Waals surface area (Å²) in [7, 11) is 1.31. The van der Waals surface area contributed by atoms with Gasteiger partial charge in [0.05, 0.1) is 13.0 Å². The molecule has 0 aromatic rings. The van der Waals surface area contributed by atoms with Crippen molar-refractivity contribution in [3.05, 3.63) is 0 Å². The van der Waals surface area contributed by atoms with Gasteiger partial charge in [0, 0.05) is 25.6 Å². The first-order valence-electron chi connectivity index (χ1n) is 7.57. The maximum absolute atomic E-state index is 12.6. The van der Waals surface area contributed by atoms with E-state index in [-0.39, 0.29) is 36.7 Å². The number of esters is 1. The van der Waals surface area contributed by atoms with E-state index in [0.717, 1.165) is 6.54 Å². The number of nitrogens with zero attached hydrogens (tertiary/aromatic N) is 2. The van der Waals surface area contributed by atoms with Crippen LogP contribution in [0.25, 0.3) is 0 Å².